The Kier molecular flexibility index (Phi) is 10.1. The molecule has 0 aliphatic carbocycles. The molecule has 0 aromatic carbocycles. The number of nitrogens with zero attached hydrogens (tertiary/aromatic N) is 1. The lowest BCUT2D eigenvalue weighted by Gasteiger charge is -2.26. The van der Waals surface area contributed by atoms with Gasteiger partial charge in [0.1, 0.15) is 11.9 Å². The quantitative estimate of drug-likeness (QED) is 0.477. The number of allylic oxidation sites excluding steroid dienone is 1. The van der Waals surface area contributed by atoms with Gasteiger partial charge in [-0.1, -0.05) is 32.9 Å². The fourth-order valence-corrected chi connectivity index (χ4v) is 4.54. The number of carbonyl (C=O) groups is 2. The first kappa shape index (κ1) is 25.5. The second kappa shape index (κ2) is 12.3. The fraction of sp³-hybridized carbons (Fsp3) is 0.640. The van der Waals surface area contributed by atoms with E-state index in [9.17, 15) is 14.7 Å². The molecule has 6 heteroatoms. The van der Waals surface area contributed by atoms with Crippen LogP contribution in [0.25, 0.3) is 6.08 Å². The molecule has 2 heterocycles. The minimum Gasteiger partial charge on any atom is -0.457 e. The predicted octanol–water partition coefficient (Wildman–Crippen LogP) is 5.52. The number of aryl methyl sites for hydroxylation is 1. The second-order valence-corrected chi connectivity index (χ2v) is 9.96. The number of Topliss-reactive ketones (excluding diaryl/α,β-unsaturated/α-hetero) is 1. The number of ketones is 1. The van der Waals surface area contributed by atoms with E-state index in [4.69, 9.17) is 4.74 Å². The van der Waals surface area contributed by atoms with Crippen molar-refractivity contribution in [2.75, 3.05) is 0 Å². The molecule has 2 rings (SSSR count). The summed E-state index contributed by atoms with van der Waals surface area (Å²) >= 11 is 1.59. The molecule has 0 saturated carbocycles. The van der Waals surface area contributed by atoms with Gasteiger partial charge >= 0.3 is 5.97 Å². The first-order valence-electron chi connectivity index (χ1n) is 11.4. The van der Waals surface area contributed by atoms with E-state index in [1.807, 2.05) is 39.2 Å². The van der Waals surface area contributed by atoms with Gasteiger partial charge in [0.25, 0.3) is 0 Å². The van der Waals surface area contributed by atoms with Gasteiger partial charge in [-0.25, -0.2) is 4.98 Å². The summed E-state index contributed by atoms with van der Waals surface area (Å²) in [6.45, 7) is 9.58. The van der Waals surface area contributed by atoms with Gasteiger partial charge in [-0.05, 0) is 57.1 Å². The number of thiazole rings is 1. The van der Waals surface area contributed by atoms with Crippen LogP contribution in [0.4, 0.5) is 0 Å². The van der Waals surface area contributed by atoms with Crippen LogP contribution in [-0.2, 0) is 14.3 Å². The lowest BCUT2D eigenvalue weighted by molar-refractivity contribution is -0.147. The van der Waals surface area contributed by atoms with Crippen LogP contribution >= 0.6 is 11.3 Å². The molecule has 1 aliphatic heterocycles. The van der Waals surface area contributed by atoms with E-state index in [1.54, 1.807) is 18.3 Å². The van der Waals surface area contributed by atoms with E-state index >= 15 is 0 Å². The van der Waals surface area contributed by atoms with Crippen molar-refractivity contribution in [2.24, 2.45) is 17.8 Å². The zero-order valence-corrected chi connectivity index (χ0v) is 20.3. The van der Waals surface area contributed by atoms with E-state index < -0.39 is 12.0 Å². The van der Waals surface area contributed by atoms with Gasteiger partial charge < -0.3 is 9.84 Å². The molecule has 1 aromatic heterocycles. The summed E-state index contributed by atoms with van der Waals surface area (Å²) in [6.07, 6.45) is 9.12. The van der Waals surface area contributed by atoms with E-state index in [-0.39, 0.29) is 36.1 Å². The number of hydrogen-bond donors (Lipinski definition) is 1. The van der Waals surface area contributed by atoms with Gasteiger partial charge in [0.05, 0.1) is 16.8 Å². The van der Waals surface area contributed by atoms with Gasteiger partial charge in [0.2, 0.25) is 0 Å². The molecular formula is C25H37NO4S. The highest BCUT2D eigenvalue weighted by Crippen LogP contribution is 2.25. The minimum atomic E-state index is -0.648. The summed E-state index contributed by atoms with van der Waals surface area (Å²) in [6, 6.07) is 0. The molecule has 1 aromatic rings. The summed E-state index contributed by atoms with van der Waals surface area (Å²) in [5, 5.41) is 13.6. The minimum absolute atomic E-state index is 0.0191. The average Bonchev–Trinajstić information content (AvgIpc) is 3.15. The Labute approximate surface area is 190 Å². The van der Waals surface area contributed by atoms with Gasteiger partial charge in [0.15, 0.2) is 0 Å². The SMILES string of the molecule is C/C(=C\c1csc(C)n1)C1C/C=C\CCC[C@H](C)[C@H](O)[C@@H](C)C(=O)[C@H](C)CCC(=O)O1. The number of cyclic esters (lactones) is 1. The van der Waals surface area contributed by atoms with Crippen LogP contribution in [0.15, 0.2) is 23.1 Å². The molecule has 0 amide bonds. The number of aromatic nitrogens is 1. The Morgan fingerprint density at radius 1 is 1.23 bits per heavy atom. The fourth-order valence-electron chi connectivity index (χ4n) is 3.97. The van der Waals surface area contributed by atoms with Crippen molar-refractivity contribution in [3.05, 3.63) is 33.8 Å². The first-order valence-corrected chi connectivity index (χ1v) is 12.2. The van der Waals surface area contributed by atoms with Crippen molar-refractivity contribution in [1.29, 1.82) is 0 Å². The number of hydrogen-bond acceptors (Lipinski definition) is 6. The van der Waals surface area contributed by atoms with Crippen LogP contribution in [0.3, 0.4) is 0 Å². The molecule has 1 N–H and O–H groups in total. The predicted molar refractivity (Wildman–Crippen MR) is 126 cm³/mol. The molecular weight excluding hydrogens is 410 g/mol. The molecule has 0 radical (unpaired) electrons. The standard InChI is InChI=1S/C25H37NO4S/c1-16-10-8-6-7-9-11-22(18(3)14-21-15-31-20(5)26-21)30-23(27)13-12-17(2)25(29)19(4)24(16)28/h7,9,14-17,19,22,24,28H,6,8,10-13H2,1-5H3/b9-7-,18-14+/t16-,17+,19+,22?,24-/m0/s1. The Bertz CT molecular complexity index is 797. The Morgan fingerprint density at radius 3 is 2.65 bits per heavy atom. The zero-order valence-electron chi connectivity index (χ0n) is 19.5. The van der Waals surface area contributed by atoms with E-state index in [1.165, 1.54) is 0 Å². The third kappa shape index (κ3) is 8.00. The van der Waals surface area contributed by atoms with Crippen LogP contribution in [0.1, 0.15) is 76.9 Å². The summed E-state index contributed by atoms with van der Waals surface area (Å²) in [5.74, 6) is -0.925. The van der Waals surface area contributed by atoms with Crippen LogP contribution in [0.5, 0.6) is 0 Å². The Balaban J connectivity index is 2.15. The molecule has 5 nitrogen and oxygen atoms in total. The van der Waals surface area contributed by atoms with Crippen LogP contribution in [-0.4, -0.2) is 34.1 Å². The molecule has 1 unspecified atom stereocenters. The van der Waals surface area contributed by atoms with E-state index in [2.05, 4.69) is 17.1 Å². The van der Waals surface area contributed by atoms with Crippen LogP contribution in [0.2, 0.25) is 0 Å². The third-order valence-electron chi connectivity index (χ3n) is 6.15. The molecule has 172 valence electrons. The first-order chi connectivity index (χ1) is 14.7. The van der Waals surface area contributed by atoms with Gasteiger partial charge in [-0.3, -0.25) is 9.59 Å². The molecule has 31 heavy (non-hydrogen) atoms. The van der Waals surface area contributed by atoms with Crippen molar-refractivity contribution in [3.63, 3.8) is 0 Å². The van der Waals surface area contributed by atoms with Gasteiger partial charge in [-0.2, -0.15) is 0 Å². The second-order valence-electron chi connectivity index (χ2n) is 8.89. The molecule has 0 spiro atoms. The Hall–Kier alpha value is -1.79. The van der Waals surface area contributed by atoms with Crippen molar-refractivity contribution in [1.82, 2.24) is 4.98 Å². The summed E-state index contributed by atoms with van der Waals surface area (Å²) in [7, 11) is 0. The van der Waals surface area contributed by atoms with Gasteiger partial charge in [0, 0.05) is 30.1 Å². The summed E-state index contributed by atoms with van der Waals surface area (Å²) in [4.78, 5) is 29.8. The number of esters is 1. The largest absolute Gasteiger partial charge is 0.457 e. The number of rotatable bonds is 2. The maximum Gasteiger partial charge on any atom is 0.306 e. The molecule has 0 fully saturated rings. The van der Waals surface area contributed by atoms with Crippen molar-refractivity contribution >= 4 is 29.2 Å². The normalized spacial score (nSPS) is 31.3. The van der Waals surface area contributed by atoms with Gasteiger partial charge in [-0.15, -0.1) is 11.3 Å². The monoisotopic (exact) mass is 447 g/mol. The van der Waals surface area contributed by atoms with Crippen LogP contribution in [0, 0.1) is 24.7 Å². The van der Waals surface area contributed by atoms with E-state index in [0.717, 1.165) is 35.5 Å². The highest BCUT2D eigenvalue weighted by atomic mass is 32.1. The highest BCUT2D eigenvalue weighted by Gasteiger charge is 2.30. The topological polar surface area (TPSA) is 76.5 Å². The van der Waals surface area contributed by atoms with Crippen LogP contribution < -0.4 is 0 Å². The lowest BCUT2D eigenvalue weighted by Crippen LogP contribution is -2.34. The molecule has 0 saturated heterocycles. The number of ether oxygens (including phenoxy) is 1. The van der Waals surface area contributed by atoms with Crippen molar-refractivity contribution in [2.45, 2.75) is 85.4 Å². The maximum atomic E-state index is 12.7. The Morgan fingerprint density at radius 2 is 1.97 bits per heavy atom. The smallest absolute Gasteiger partial charge is 0.306 e. The number of aliphatic hydroxyl groups is 1. The summed E-state index contributed by atoms with van der Waals surface area (Å²) < 4.78 is 5.80. The summed E-state index contributed by atoms with van der Waals surface area (Å²) in [5.41, 5.74) is 1.84. The molecule has 0 bridgehead atoms. The zero-order chi connectivity index (χ0) is 23.0. The lowest BCUT2D eigenvalue weighted by atomic mass is 9.82. The number of carbonyl (C=O) groups excluding carboxylic acids is 2. The third-order valence-corrected chi connectivity index (χ3v) is 6.94. The highest BCUT2D eigenvalue weighted by molar-refractivity contribution is 7.09. The molecule has 1 aliphatic rings. The maximum absolute atomic E-state index is 12.7. The average molecular weight is 448 g/mol. The number of aliphatic hydroxyl groups excluding tert-OH is 1. The van der Waals surface area contributed by atoms with Crippen molar-refractivity contribution in [3.8, 4) is 0 Å². The van der Waals surface area contributed by atoms with E-state index in [0.29, 0.717) is 12.8 Å². The van der Waals surface area contributed by atoms with Crippen molar-refractivity contribution < 1.29 is 19.4 Å². The molecule has 5 atom stereocenters.